The van der Waals surface area contributed by atoms with E-state index in [-0.39, 0.29) is 17.6 Å². The summed E-state index contributed by atoms with van der Waals surface area (Å²) in [6, 6.07) is 7.17. The highest BCUT2D eigenvalue weighted by atomic mass is 16.2. The van der Waals surface area contributed by atoms with Gasteiger partial charge in [-0.1, -0.05) is 19.1 Å². The van der Waals surface area contributed by atoms with Crippen molar-refractivity contribution in [2.24, 2.45) is 17.3 Å². The van der Waals surface area contributed by atoms with Crippen LogP contribution in [0.1, 0.15) is 58.8 Å². The van der Waals surface area contributed by atoms with Crippen molar-refractivity contribution in [2.75, 3.05) is 12.4 Å². The predicted molar refractivity (Wildman–Crippen MR) is 111 cm³/mol. The van der Waals surface area contributed by atoms with Crippen LogP contribution in [-0.2, 0) is 9.59 Å². The van der Waals surface area contributed by atoms with Crippen LogP contribution in [0, 0.1) is 17.3 Å². The van der Waals surface area contributed by atoms with Crippen LogP contribution in [0.2, 0.25) is 0 Å². The second kappa shape index (κ2) is 7.22. The van der Waals surface area contributed by atoms with Crippen molar-refractivity contribution >= 4 is 23.3 Å². The maximum absolute atomic E-state index is 13.5. The van der Waals surface area contributed by atoms with Gasteiger partial charge >= 0.3 is 0 Å². The predicted octanol–water partition coefficient (Wildman–Crippen LogP) is 2.99. The van der Waals surface area contributed by atoms with Crippen molar-refractivity contribution in [3.05, 3.63) is 29.8 Å². The third kappa shape index (κ3) is 4.37. The van der Waals surface area contributed by atoms with E-state index in [0.717, 1.165) is 0 Å². The minimum atomic E-state index is -1.09. The summed E-state index contributed by atoms with van der Waals surface area (Å²) in [6.45, 7) is 13.0. The highest BCUT2D eigenvalue weighted by Gasteiger charge is 2.72. The number of anilines is 1. The molecule has 28 heavy (non-hydrogen) atoms. The van der Waals surface area contributed by atoms with Crippen molar-refractivity contribution in [3.63, 3.8) is 0 Å². The molecule has 0 aliphatic heterocycles. The zero-order valence-electron chi connectivity index (χ0n) is 18.2. The first-order valence-corrected chi connectivity index (χ1v) is 9.68. The lowest BCUT2D eigenvalue weighted by molar-refractivity contribution is -0.128. The van der Waals surface area contributed by atoms with Gasteiger partial charge in [0.2, 0.25) is 11.8 Å². The van der Waals surface area contributed by atoms with Crippen molar-refractivity contribution in [3.8, 4) is 0 Å². The summed E-state index contributed by atoms with van der Waals surface area (Å²) in [5.74, 6) is -2.13. The fraction of sp³-hybridized carbons (Fsp3) is 0.591. The Balaban J connectivity index is 2.42. The monoisotopic (exact) mass is 387 g/mol. The normalized spacial score (nSPS) is 24.3. The van der Waals surface area contributed by atoms with E-state index in [2.05, 4.69) is 16.0 Å². The molecule has 0 saturated heterocycles. The summed E-state index contributed by atoms with van der Waals surface area (Å²) in [6.07, 6.45) is 0. The average molecular weight is 388 g/mol. The second-order valence-electron chi connectivity index (χ2n) is 9.84. The van der Waals surface area contributed by atoms with Gasteiger partial charge in [0.25, 0.3) is 0 Å². The Morgan fingerprint density at radius 3 is 1.68 bits per heavy atom. The first kappa shape index (κ1) is 21.9. The lowest BCUT2D eigenvalue weighted by atomic mass is 9.91. The third-order valence-corrected chi connectivity index (χ3v) is 5.01. The van der Waals surface area contributed by atoms with Gasteiger partial charge in [-0.25, -0.2) is 0 Å². The van der Waals surface area contributed by atoms with Crippen LogP contribution < -0.4 is 16.0 Å². The molecule has 3 N–H and O–H groups in total. The highest BCUT2D eigenvalue weighted by Crippen LogP contribution is 2.61. The van der Waals surface area contributed by atoms with Gasteiger partial charge in [0.1, 0.15) is 0 Å². The van der Waals surface area contributed by atoms with E-state index in [1.165, 1.54) is 0 Å². The number of ketones is 1. The standard InChI is InChI=1S/C22H33N3O3/c1-20(2,3)24-18(27)15-16(19(28)25-21(4,5)6)22(15,7)17(26)13-11-9-10-12-14(13)23-8/h9-12,15-16,23H,1-8H3,(H,24,27)(H,25,28)/t15-,16+,22?. The van der Waals surface area contributed by atoms with Gasteiger partial charge in [0, 0.05) is 29.4 Å². The van der Waals surface area contributed by atoms with Crippen LogP contribution in [0.5, 0.6) is 0 Å². The van der Waals surface area contributed by atoms with Crippen molar-refractivity contribution in [1.29, 1.82) is 0 Å². The molecule has 0 spiro atoms. The number of para-hydroxylation sites is 1. The summed E-state index contributed by atoms with van der Waals surface area (Å²) in [5.41, 5.74) is -0.801. The molecule has 1 aromatic carbocycles. The van der Waals surface area contributed by atoms with Gasteiger partial charge in [-0.05, 0) is 53.7 Å². The topological polar surface area (TPSA) is 87.3 Å². The molecule has 6 heteroatoms. The maximum Gasteiger partial charge on any atom is 0.225 e. The molecular weight excluding hydrogens is 354 g/mol. The largest absolute Gasteiger partial charge is 0.388 e. The molecule has 1 fully saturated rings. The van der Waals surface area contributed by atoms with E-state index < -0.39 is 28.3 Å². The molecule has 3 atom stereocenters. The summed E-state index contributed by atoms with van der Waals surface area (Å²) >= 11 is 0. The lowest BCUT2D eigenvalue weighted by Gasteiger charge is -2.22. The van der Waals surface area contributed by atoms with E-state index >= 15 is 0 Å². The molecule has 1 aliphatic rings. The van der Waals surface area contributed by atoms with Crippen LogP contribution in [0.4, 0.5) is 5.69 Å². The highest BCUT2D eigenvalue weighted by molar-refractivity contribution is 6.14. The third-order valence-electron chi connectivity index (χ3n) is 5.01. The Hall–Kier alpha value is -2.37. The van der Waals surface area contributed by atoms with Gasteiger partial charge < -0.3 is 16.0 Å². The molecule has 1 aromatic rings. The first-order chi connectivity index (χ1) is 12.7. The molecule has 1 aliphatic carbocycles. The quantitative estimate of drug-likeness (QED) is 0.678. The van der Waals surface area contributed by atoms with Gasteiger partial charge in [-0.15, -0.1) is 0 Å². The Labute approximate surface area is 167 Å². The average Bonchev–Trinajstić information content (AvgIpc) is 3.18. The molecule has 0 heterocycles. The van der Waals surface area contributed by atoms with Gasteiger partial charge in [0.15, 0.2) is 5.78 Å². The number of carbonyl (C=O) groups excluding carboxylic acids is 3. The Kier molecular flexibility index (Phi) is 5.66. The lowest BCUT2D eigenvalue weighted by Crippen LogP contribution is -2.44. The Morgan fingerprint density at radius 1 is 0.857 bits per heavy atom. The summed E-state index contributed by atoms with van der Waals surface area (Å²) in [4.78, 5) is 39.4. The molecule has 2 amide bonds. The van der Waals surface area contributed by atoms with Gasteiger partial charge in [0.05, 0.1) is 17.3 Å². The number of Topliss-reactive ketones (excluding diaryl/α,β-unsaturated/α-hetero) is 1. The number of hydrogen-bond acceptors (Lipinski definition) is 4. The summed E-state index contributed by atoms with van der Waals surface area (Å²) in [7, 11) is 1.74. The molecule has 1 saturated carbocycles. The summed E-state index contributed by atoms with van der Waals surface area (Å²) in [5, 5.41) is 8.88. The van der Waals surface area contributed by atoms with E-state index in [4.69, 9.17) is 0 Å². The Morgan fingerprint density at radius 2 is 1.29 bits per heavy atom. The van der Waals surface area contributed by atoms with Gasteiger partial charge in [-0.3, -0.25) is 14.4 Å². The van der Waals surface area contributed by atoms with E-state index in [0.29, 0.717) is 11.3 Å². The molecule has 0 aromatic heterocycles. The number of benzene rings is 1. The molecule has 154 valence electrons. The molecule has 2 rings (SSSR count). The second-order valence-corrected chi connectivity index (χ2v) is 9.84. The zero-order chi connectivity index (χ0) is 21.5. The molecule has 0 bridgehead atoms. The Bertz CT molecular complexity index is 753. The first-order valence-electron chi connectivity index (χ1n) is 9.68. The van der Waals surface area contributed by atoms with Crippen LogP contribution in [0.3, 0.4) is 0 Å². The van der Waals surface area contributed by atoms with Crippen LogP contribution in [0.25, 0.3) is 0 Å². The smallest absolute Gasteiger partial charge is 0.225 e. The SMILES string of the molecule is CNc1ccccc1C(=O)C1(C)[C@H](C(=O)NC(C)(C)C)[C@@H]1C(=O)NC(C)(C)C. The van der Waals surface area contributed by atoms with E-state index in [1.807, 2.05) is 53.7 Å². The minimum Gasteiger partial charge on any atom is -0.388 e. The summed E-state index contributed by atoms with van der Waals surface area (Å²) < 4.78 is 0. The number of nitrogens with one attached hydrogen (secondary N) is 3. The fourth-order valence-corrected chi connectivity index (χ4v) is 3.73. The molecule has 0 radical (unpaired) electrons. The fourth-order valence-electron chi connectivity index (χ4n) is 3.73. The maximum atomic E-state index is 13.5. The van der Waals surface area contributed by atoms with Gasteiger partial charge in [-0.2, -0.15) is 0 Å². The minimum absolute atomic E-state index is 0.194. The van der Waals surface area contributed by atoms with Crippen molar-refractivity contribution in [1.82, 2.24) is 10.6 Å². The van der Waals surface area contributed by atoms with Crippen LogP contribution in [0.15, 0.2) is 24.3 Å². The van der Waals surface area contributed by atoms with Crippen LogP contribution >= 0.6 is 0 Å². The number of amides is 2. The van der Waals surface area contributed by atoms with E-state index in [9.17, 15) is 14.4 Å². The number of hydrogen-bond donors (Lipinski definition) is 3. The zero-order valence-corrected chi connectivity index (χ0v) is 18.2. The van der Waals surface area contributed by atoms with Crippen molar-refractivity contribution in [2.45, 2.75) is 59.5 Å². The van der Waals surface area contributed by atoms with E-state index in [1.54, 1.807) is 26.1 Å². The molecular formula is C22H33N3O3. The number of rotatable bonds is 5. The van der Waals surface area contributed by atoms with Crippen LogP contribution in [-0.4, -0.2) is 35.7 Å². The number of carbonyl (C=O) groups is 3. The van der Waals surface area contributed by atoms with Crippen molar-refractivity contribution < 1.29 is 14.4 Å². The molecule has 1 unspecified atom stereocenters. The molecule has 6 nitrogen and oxygen atoms in total.